The summed E-state index contributed by atoms with van der Waals surface area (Å²) in [4.78, 5) is 12.8. The summed E-state index contributed by atoms with van der Waals surface area (Å²) in [5.41, 5.74) is 2.02. The van der Waals surface area contributed by atoms with Crippen molar-refractivity contribution in [1.29, 1.82) is 0 Å². The van der Waals surface area contributed by atoms with Gasteiger partial charge in [-0.05, 0) is 18.4 Å². The van der Waals surface area contributed by atoms with Crippen LogP contribution >= 0.6 is 11.3 Å². The van der Waals surface area contributed by atoms with Crippen molar-refractivity contribution in [2.75, 3.05) is 0 Å². The summed E-state index contributed by atoms with van der Waals surface area (Å²) in [5.74, 6) is 0.0516. The van der Waals surface area contributed by atoms with E-state index >= 15 is 0 Å². The minimum atomic E-state index is 0.0516. The monoisotopic (exact) mass is 249 g/mol. The number of carbonyl (C=O) groups excluding carboxylic acids is 1. The van der Waals surface area contributed by atoms with Gasteiger partial charge in [-0.1, -0.05) is 6.07 Å². The number of aromatic nitrogens is 2. The van der Waals surface area contributed by atoms with Crippen LogP contribution in [0.5, 0.6) is 0 Å². The van der Waals surface area contributed by atoms with Crippen LogP contribution in [0.4, 0.5) is 0 Å². The molecule has 0 spiro atoms. The van der Waals surface area contributed by atoms with E-state index in [0.29, 0.717) is 13.0 Å². The molecule has 0 aliphatic heterocycles. The first-order valence-electron chi connectivity index (χ1n) is 5.43. The standard InChI is InChI=1S/C12H15N3OS/c1-9-10(8-15(2)14-9)7-13-12(16)6-11-4-3-5-17-11/h3-5,8H,6-7H2,1-2H3,(H,13,16). The number of nitrogens with one attached hydrogen (secondary N) is 1. The number of hydrogen-bond donors (Lipinski definition) is 1. The Morgan fingerprint density at radius 2 is 2.41 bits per heavy atom. The summed E-state index contributed by atoms with van der Waals surface area (Å²) in [7, 11) is 1.88. The molecule has 0 aliphatic carbocycles. The molecule has 0 saturated heterocycles. The fourth-order valence-electron chi connectivity index (χ4n) is 1.65. The topological polar surface area (TPSA) is 46.9 Å². The first-order valence-corrected chi connectivity index (χ1v) is 6.31. The fourth-order valence-corrected chi connectivity index (χ4v) is 2.35. The maximum absolute atomic E-state index is 11.7. The van der Waals surface area contributed by atoms with Crippen LogP contribution in [0, 0.1) is 6.92 Å². The number of aryl methyl sites for hydroxylation is 2. The SMILES string of the molecule is Cc1nn(C)cc1CNC(=O)Cc1cccs1. The fraction of sp³-hybridized carbons (Fsp3) is 0.333. The molecule has 0 aliphatic rings. The number of nitrogens with zero attached hydrogens (tertiary/aromatic N) is 2. The van der Waals surface area contributed by atoms with Gasteiger partial charge < -0.3 is 5.32 Å². The lowest BCUT2D eigenvalue weighted by Crippen LogP contribution is -2.24. The Bertz CT molecular complexity index is 502. The minimum absolute atomic E-state index is 0.0516. The van der Waals surface area contributed by atoms with Crippen LogP contribution in [-0.4, -0.2) is 15.7 Å². The van der Waals surface area contributed by atoms with Gasteiger partial charge in [-0.25, -0.2) is 0 Å². The molecule has 0 unspecified atom stereocenters. The van der Waals surface area contributed by atoms with Crippen LogP contribution < -0.4 is 5.32 Å². The van der Waals surface area contributed by atoms with E-state index in [2.05, 4.69) is 10.4 Å². The highest BCUT2D eigenvalue weighted by molar-refractivity contribution is 7.10. The predicted octanol–water partition coefficient (Wildman–Crippen LogP) is 1.65. The van der Waals surface area contributed by atoms with Gasteiger partial charge in [0.25, 0.3) is 0 Å². The summed E-state index contributed by atoms with van der Waals surface area (Å²) < 4.78 is 1.76. The second-order valence-electron chi connectivity index (χ2n) is 3.95. The lowest BCUT2D eigenvalue weighted by Gasteiger charge is -2.02. The number of amides is 1. The van der Waals surface area contributed by atoms with Crippen LogP contribution in [-0.2, 0) is 24.8 Å². The highest BCUT2D eigenvalue weighted by Crippen LogP contribution is 2.09. The summed E-state index contributed by atoms with van der Waals surface area (Å²) in [6, 6.07) is 3.93. The van der Waals surface area contributed by atoms with Crippen LogP contribution in [0.3, 0.4) is 0 Å². The van der Waals surface area contributed by atoms with Gasteiger partial charge in [-0.15, -0.1) is 11.3 Å². The van der Waals surface area contributed by atoms with Crippen molar-refractivity contribution in [1.82, 2.24) is 15.1 Å². The van der Waals surface area contributed by atoms with Crippen molar-refractivity contribution in [2.24, 2.45) is 7.05 Å². The van der Waals surface area contributed by atoms with E-state index in [1.807, 2.05) is 37.7 Å². The third-order valence-corrected chi connectivity index (χ3v) is 3.38. The zero-order valence-corrected chi connectivity index (χ0v) is 10.8. The summed E-state index contributed by atoms with van der Waals surface area (Å²) in [6.07, 6.45) is 2.39. The molecular formula is C12H15N3OS. The zero-order valence-electron chi connectivity index (χ0n) is 9.93. The highest BCUT2D eigenvalue weighted by Gasteiger charge is 2.07. The molecule has 2 rings (SSSR count). The second kappa shape index (κ2) is 5.14. The molecule has 90 valence electrons. The molecule has 2 aromatic heterocycles. The van der Waals surface area contributed by atoms with Crippen molar-refractivity contribution in [3.8, 4) is 0 Å². The molecule has 0 saturated carbocycles. The molecule has 5 heteroatoms. The van der Waals surface area contributed by atoms with E-state index in [0.717, 1.165) is 16.1 Å². The average molecular weight is 249 g/mol. The quantitative estimate of drug-likeness (QED) is 0.895. The first-order chi connectivity index (χ1) is 8.15. The summed E-state index contributed by atoms with van der Waals surface area (Å²) >= 11 is 1.60. The number of thiophene rings is 1. The maximum Gasteiger partial charge on any atom is 0.225 e. The maximum atomic E-state index is 11.7. The van der Waals surface area contributed by atoms with Crippen molar-refractivity contribution in [2.45, 2.75) is 19.9 Å². The zero-order chi connectivity index (χ0) is 12.3. The molecule has 0 bridgehead atoms. The van der Waals surface area contributed by atoms with Gasteiger partial charge in [0.05, 0.1) is 12.1 Å². The number of hydrogen-bond acceptors (Lipinski definition) is 3. The van der Waals surface area contributed by atoms with Crippen LogP contribution in [0.1, 0.15) is 16.1 Å². The largest absolute Gasteiger partial charge is 0.352 e. The van der Waals surface area contributed by atoms with Gasteiger partial charge in [-0.2, -0.15) is 5.10 Å². The van der Waals surface area contributed by atoms with Gasteiger partial charge in [0.15, 0.2) is 0 Å². The molecule has 0 aromatic carbocycles. The number of carbonyl (C=O) groups is 1. The van der Waals surface area contributed by atoms with Gasteiger partial charge in [0.2, 0.25) is 5.91 Å². The van der Waals surface area contributed by atoms with Crippen molar-refractivity contribution in [3.63, 3.8) is 0 Å². The average Bonchev–Trinajstić information content (AvgIpc) is 2.86. The molecule has 1 N–H and O–H groups in total. The first kappa shape index (κ1) is 11.9. The van der Waals surface area contributed by atoms with Crippen LogP contribution in [0.2, 0.25) is 0 Å². The third-order valence-electron chi connectivity index (χ3n) is 2.51. The van der Waals surface area contributed by atoms with Gasteiger partial charge in [0, 0.05) is 30.2 Å². The van der Waals surface area contributed by atoms with E-state index in [9.17, 15) is 4.79 Å². The van der Waals surface area contributed by atoms with E-state index in [-0.39, 0.29) is 5.91 Å². The second-order valence-corrected chi connectivity index (χ2v) is 4.98. The van der Waals surface area contributed by atoms with Crippen LogP contribution in [0.15, 0.2) is 23.7 Å². The Hall–Kier alpha value is -1.62. The third kappa shape index (κ3) is 3.17. The van der Waals surface area contributed by atoms with Crippen molar-refractivity contribution >= 4 is 17.2 Å². The molecule has 2 aromatic rings. The Balaban J connectivity index is 1.86. The van der Waals surface area contributed by atoms with E-state index in [1.165, 1.54) is 0 Å². The molecule has 2 heterocycles. The summed E-state index contributed by atoms with van der Waals surface area (Å²) in [6.45, 7) is 2.49. The normalized spacial score (nSPS) is 10.5. The molecule has 1 amide bonds. The Morgan fingerprint density at radius 1 is 1.59 bits per heavy atom. The molecule has 17 heavy (non-hydrogen) atoms. The minimum Gasteiger partial charge on any atom is -0.352 e. The van der Waals surface area contributed by atoms with Gasteiger partial charge >= 0.3 is 0 Å². The molecule has 0 fully saturated rings. The van der Waals surface area contributed by atoms with Gasteiger partial charge in [0.1, 0.15) is 0 Å². The lowest BCUT2D eigenvalue weighted by molar-refractivity contribution is -0.120. The molecular weight excluding hydrogens is 234 g/mol. The van der Waals surface area contributed by atoms with Crippen LogP contribution in [0.25, 0.3) is 0 Å². The molecule has 0 radical (unpaired) electrons. The van der Waals surface area contributed by atoms with E-state index in [1.54, 1.807) is 16.0 Å². The molecule has 4 nitrogen and oxygen atoms in total. The van der Waals surface area contributed by atoms with Crippen molar-refractivity contribution < 1.29 is 4.79 Å². The number of rotatable bonds is 4. The molecule has 0 atom stereocenters. The summed E-state index contributed by atoms with van der Waals surface area (Å²) in [5, 5.41) is 9.12. The van der Waals surface area contributed by atoms with Gasteiger partial charge in [-0.3, -0.25) is 9.48 Å². The lowest BCUT2D eigenvalue weighted by atomic mass is 10.2. The highest BCUT2D eigenvalue weighted by atomic mass is 32.1. The smallest absolute Gasteiger partial charge is 0.225 e. The Kier molecular flexibility index (Phi) is 3.58. The van der Waals surface area contributed by atoms with E-state index < -0.39 is 0 Å². The van der Waals surface area contributed by atoms with E-state index in [4.69, 9.17) is 0 Å². The Labute approximate surface area is 104 Å². The predicted molar refractivity (Wildman–Crippen MR) is 67.8 cm³/mol. The Morgan fingerprint density at radius 3 is 3.00 bits per heavy atom. The van der Waals surface area contributed by atoms with Crippen molar-refractivity contribution in [3.05, 3.63) is 39.8 Å².